The zero-order chi connectivity index (χ0) is 22.3. The van der Waals surface area contributed by atoms with Gasteiger partial charge in [0.2, 0.25) is 0 Å². The van der Waals surface area contributed by atoms with E-state index >= 15 is 0 Å². The SMILES string of the molecule is CCCCCCCCCCCON=C(C)CC1CCc2c(cccc2OCC(=O)O)C1. The molecule has 1 atom stereocenters. The maximum atomic E-state index is 10.8. The first-order valence-corrected chi connectivity index (χ1v) is 12.2. The van der Waals surface area contributed by atoms with Gasteiger partial charge < -0.3 is 14.7 Å². The fourth-order valence-electron chi connectivity index (χ4n) is 4.38. The van der Waals surface area contributed by atoms with Crippen molar-refractivity contribution in [2.24, 2.45) is 11.1 Å². The molecule has 0 aliphatic heterocycles. The van der Waals surface area contributed by atoms with Crippen LogP contribution in [0, 0.1) is 5.92 Å². The topological polar surface area (TPSA) is 68.1 Å². The van der Waals surface area contributed by atoms with E-state index in [2.05, 4.69) is 25.1 Å². The summed E-state index contributed by atoms with van der Waals surface area (Å²) in [5, 5.41) is 13.2. The molecule has 0 radical (unpaired) electrons. The third kappa shape index (κ3) is 10.2. The molecule has 1 aromatic rings. The van der Waals surface area contributed by atoms with Gasteiger partial charge in [0.15, 0.2) is 6.61 Å². The van der Waals surface area contributed by atoms with Crippen molar-refractivity contribution in [1.82, 2.24) is 0 Å². The Kier molecular flexibility index (Phi) is 12.1. The largest absolute Gasteiger partial charge is 0.482 e. The Morgan fingerprint density at radius 3 is 2.52 bits per heavy atom. The number of benzene rings is 1. The maximum Gasteiger partial charge on any atom is 0.341 e. The van der Waals surface area contributed by atoms with Gasteiger partial charge in [0.1, 0.15) is 12.4 Å². The van der Waals surface area contributed by atoms with Crippen LogP contribution in [-0.4, -0.2) is 30.0 Å². The van der Waals surface area contributed by atoms with Crippen LogP contribution in [-0.2, 0) is 22.5 Å². The molecule has 0 bridgehead atoms. The molecular weight excluding hydrogens is 390 g/mol. The highest BCUT2D eigenvalue weighted by molar-refractivity contribution is 5.81. The fraction of sp³-hybridized carbons (Fsp3) is 0.692. The van der Waals surface area contributed by atoms with E-state index in [-0.39, 0.29) is 6.61 Å². The first kappa shape index (κ1) is 25.2. The highest BCUT2D eigenvalue weighted by atomic mass is 16.6. The molecule has 0 amide bonds. The van der Waals surface area contributed by atoms with E-state index in [4.69, 9.17) is 14.7 Å². The van der Waals surface area contributed by atoms with Gasteiger partial charge in [0.25, 0.3) is 0 Å². The number of rotatable bonds is 16. The molecule has 31 heavy (non-hydrogen) atoms. The predicted molar refractivity (Wildman–Crippen MR) is 126 cm³/mol. The van der Waals surface area contributed by atoms with Gasteiger partial charge in [-0.25, -0.2) is 4.79 Å². The van der Waals surface area contributed by atoms with Crippen LogP contribution in [0.25, 0.3) is 0 Å². The number of hydrogen-bond donors (Lipinski definition) is 1. The third-order valence-electron chi connectivity index (χ3n) is 6.04. The van der Waals surface area contributed by atoms with Crippen molar-refractivity contribution in [3.05, 3.63) is 29.3 Å². The van der Waals surface area contributed by atoms with Crippen molar-refractivity contribution in [3.8, 4) is 5.75 Å². The number of carboxylic acid groups (broad SMARTS) is 1. The normalized spacial score (nSPS) is 16.1. The van der Waals surface area contributed by atoms with Crippen LogP contribution in [0.15, 0.2) is 23.4 Å². The highest BCUT2D eigenvalue weighted by Crippen LogP contribution is 2.33. The Morgan fingerprint density at radius 1 is 1.10 bits per heavy atom. The van der Waals surface area contributed by atoms with Gasteiger partial charge in [0.05, 0.1) is 5.71 Å². The number of carbonyl (C=O) groups is 1. The van der Waals surface area contributed by atoms with Crippen LogP contribution >= 0.6 is 0 Å². The number of unbranched alkanes of at least 4 members (excludes halogenated alkanes) is 8. The van der Waals surface area contributed by atoms with Crippen molar-refractivity contribution >= 4 is 11.7 Å². The number of oxime groups is 1. The lowest BCUT2D eigenvalue weighted by Gasteiger charge is -2.26. The molecule has 1 unspecified atom stereocenters. The zero-order valence-electron chi connectivity index (χ0n) is 19.5. The number of nitrogens with zero attached hydrogens (tertiary/aromatic N) is 1. The Balaban J connectivity index is 1.61. The number of aliphatic carboxylic acids is 1. The molecule has 0 spiro atoms. The average molecular weight is 432 g/mol. The van der Waals surface area contributed by atoms with Gasteiger partial charge >= 0.3 is 5.97 Å². The van der Waals surface area contributed by atoms with E-state index in [0.29, 0.717) is 18.3 Å². The summed E-state index contributed by atoms with van der Waals surface area (Å²) >= 11 is 0. The second-order valence-electron chi connectivity index (χ2n) is 8.88. The quantitative estimate of drug-likeness (QED) is 0.183. The number of carboxylic acids is 1. The average Bonchev–Trinajstić information content (AvgIpc) is 2.75. The smallest absolute Gasteiger partial charge is 0.341 e. The van der Waals surface area contributed by atoms with Crippen LogP contribution in [0.4, 0.5) is 0 Å². The monoisotopic (exact) mass is 431 g/mol. The van der Waals surface area contributed by atoms with Gasteiger partial charge in [-0.15, -0.1) is 0 Å². The van der Waals surface area contributed by atoms with Gasteiger partial charge in [-0.2, -0.15) is 0 Å². The minimum absolute atomic E-state index is 0.290. The number of fused-ring (bicyclic) bond motifs is 1. The van der Waals surface area contributed by atoms with Crippen molar-refractivity contribution in [2.45, 2.75) is 97.3 Å². The molecular formula is C26H41NO4. The van der Waals surface area contributed by atoms with E-state index in [0.717, 1.165) is 43.4 Å². The van der Waals surface area contributed by atoms with Crippen LogP contribution in [0.5, 0.6) is 5.75 Å². The minimum atomic E-state index is -0.944. The molecule has 0 fully saturated rings. The molecule has 0 aromatic heterocycles. The molecule has 0 saturated carbocycles. The lowest BCUT2D eigenvalue weighted by atomic mass is 9.81. The summed E-state index contributed by atoms with van der Waals surface area (Å²) in [6, 6.07) is 5.95. The molecule has 5 heteroatoms. The molecule has 1 aromatic carbocycles. The molecule has 1 aliphatic rings. The summed E-state index contributed by atoms with van der Waals surface area (Å²) in [6.07, 6.45) is 15.7. The predicted octanol–water partition coefficient (Wildman–Crippen LogP) is 6.57. The van der Waals surface area contributed by atoms with Crippen molar-refractivity contribution < 1.29 is 19.5 Å². The summed E-state index contributed by atoms with van der Waals surface area (Å²) in [5.74, 6) is 0.316. The zero-order valence-corrected chi connectivity index (χ0v) is 19.5. The Morgan fingerprint density at radius 2 is 1.81 bits per heavy atom. The molecule has 1 N–H and O–H groups in total. The second-order valence-corrected chi connectivity index (χ2v) is 8.88. The van der Waals surface area contributed by atoms with Gasteiger partial charge in [0, 0.05) is 0 Å². The van der Waals surface area contributed by atoms with E-state index in [1.54, 1.807) is 0 Å². The summed E-state index contributed by atoms with van der Waals surface area (Å²) in [4.78, 5) is 16.3. The van der Waals surface area contributed by atoms with Crippen LogP contribution < -0.4 is 4.74 Å². The molecule has 0 saturated heterocycles. The highest BCUT2D eigenvalue weighted by Gasteiger charge is 2.22. The lowest BCUT2D eigenvalue weighted by molar-refractivity contribution is -0.139. The third-order valence-corrected chi connectivity index (χ3v) is 6.04. The van der Waals surface area contributed by atoms with E-state index in [1.165, 1.54) is 56.9 Å². The standard InChI is InChI=1S/C26H41NO4/c1-3-4-5-6-7-8-9-10-11-17-31-27-21(2)18-22-15-16-24-23(19-22)13-12-14-25(24)30-20-26(28)29/h12-14,22H,3-11,15-20H2,1-2H3,(H,28,29). The van der Waals surface area contributed by atoms with Crippen LogP contribution in [0.1, 0.15) is 95.6 Å². The van der Waals surface area contributed by atoms with Crippen molar-refractivity contribution in [3.63, 3.8) is 0 Å². The van der Waals surface area contributed by atoms with Crippen LogP contribution in [0.2, 0.25) is 0 Å². The van der Waals surface area contributed by atoms with E-state index in [1.807, 2.05) is 12.1 Å². The van der Waals surface area contributed by atoms with Crippen molar-refractivity contribution in [2.75, 3.05) is 13.2 Å². The molecule has 174 valence electrons. The van der Waals surface area contributed by atoms with Crippen molar-refractivity contribution in [1.29, 1.82) is 0 Å². The number of hydrogen-bond acceptors (Lipinski definition) is 4. The lowest BCUT2D eigenvalue weighted by Crippen LogP contribution is -2.18. The van der Waals surface area contributed by atoms with Gasteiger partial charge in [-0.1, -0.05) is 69.2 Å². The Hall–Kier alpha value is -2.04. The molecule has 0 heterocycles. The summed E-state index contributed by atoms with van der Waals surface area (Å²) in [6.45, 7) is 4.74. The Bertz CT molecular complexity index is 686. The summed E-state index contributed by atoms with van der Waals surface area (Å²) in [5.41, 5.74) is 3.49. The molecule has 1 aliphatic carbocycles. The molecule has 5 nitrogen and oxygen atoms in total. The fourth-order valence-corrected chi connectivity index (χ4v) is 4.38. The molecule has 2 rings (SSSR count). The first-order valence-electron chi connectivity index (χ1n) is 12.2. The summed E-state index contributed by atoms with van der Waals surface area (Å²) in [7, 11) is 0. The van der Waals surface area contributed by atoms with E-state index < -0.39 is 5.97 Å². The Labute approximate surface area is 188 Å². The maximum absolute atomic E-state index is 10.8. The number of ether oxygens (including phenoxy) is 1. The van der Waals surface area contributed by atoms with Gasteiger partial charge in [-0.05, 0) is 68.6 Å². The summed E-state index contributed by atoms with van der Waals surface area (Å²) < 4.78 is 5.46. The minimum Gasteiger partial charge on any atom is -0.482 e. The second kappa shape index (κ2) is 14.9. The van der Waals surface area contributed by atoms with Gasteiger partial charge in [-0.3, -0.25) is 0 Å². The van der Waals surface area contributed by atoms with E-state index in [9.17, 15) is 4.79 Å². The van der Waals surface area contributed by atoms with Crippen LogP contribution in [0.3, 0.4) is 0 Å². The first-order chi connectivity index (χ1) is 15.1.